The summed E-state index contributed by atoms with van der Waals surface area (Å²) in [5.41, 5.74) is 0.726. The van der Waals surface area contributed by atoms with Crippen molar-refractivity contribution in [3.8, 4) is 6.07 Å². The van der Waals surface area contributed by atoms with E-state index >= 15 is 0 Å². The third-order valence-corrected chi connectivity index (χ3v) is 3.14. The maximum Gasteiger partial charge on any atom is 0.407 e. The number of carbonyl (C=O) groups is 1. The van der Waals surface area contributed by atoms with Crippen LogP contribution in [0, 0.1) is 11.3 Å². The number of aromatic nitrogens is 1. The Bertz CT molecular complexity index is 560. The van der Waals surface area contributed by atoms with Crippen molar-refractivity contribution in [3.63, 3.8) is 0 Å². The van der Waals surface area contributed by atoms with Gasteiger partial charge in [0.15, 0.2) is 5.69 Å². The normalized spacial score (nSPS) is 18.2. The summed E-state index contributed by atoms with van der Waals surface area (Å²) in [6.45, 7) is 6.94. The molecule has 21 heavy (non-hydrogen) atoms. The number of carbonyl (C=O) groups excluding carboxylic acids is 1. The molecule has 112 valence electrons. The summed E-state index contributed by atoms with van der Waals surface area (Å²) in [4.78, 5) is 17.9. The molecule has 0 aliphatic carbocycles. The van der Waals surface area contributed by atoms with Gasteiger partial charge in [-0.3, -0.25) is 0 Å². The predicted octanol–water partition coefficient (Wildman–Crippen LogP) is 2.06. The van der Waals surface area contributed by atoms with Crippen LogP contribution in [-0.2, 0) is 4.74 Å². The van der Waals surface area contributed by atoms with E-state index in [1.54, 1.807) is 6.20 Å². The molecule has 6 heteroatoms. The zero-order chi connectivity index (χ0) is 15.5. The van der Waals surface area contributed by atoms with Gasteiger partial charge in [0.05, 0.1) is 11.7 Å². The van der Waals surface area contributed by atoms with Crippen molar-refractivity contribution >= 4 is 11.8 Å². The molecule has 2 rings (SSSR count). The Balaban J connectivity index is 1.95. The van der Waals surface area contributed by atoms with Gasteiger partial charge in [0.25, 0.3) is 0 Å². The molecule has 0 bridgehead atoms. The quantitative estimate of drug-likeness (QED) is 0.901. The molecular formula is C15H20N4O2. The SMILES string of the molecule is CC(C)(C)OC(=O)N[C@H]1CCN(c2cccnc2C#N)C1. The van der Waals surface area contributed by atoms with Crippen LogP contribution in [0.5, 0.6) is 0 Å². The highest BCUT2D eigenvalue weighted by atomic mass is 16.6. The molecule has 1 aliphatic heterocycles. The lowest BCUT2D eigenvalue weighted by atomic mass is 10.2. The first kappa shape index (κ1) is 15.1. The topological polar surface area (TPSA) is 78.2 Å². The number of amides is 1. The Morgan fingerprint density at radius 3 is 3.00 bits per heavy atom. The highest BCUT2D eigenvalue weighted by Gasteiger charge is 2.27. The Hall–Kier alpha value is -2.29. The number of anilines is 1. The van der Waals surface area contributed by atoms with Crippen LogP contribution in [0.4, 0.5) is 10.5 Å². The van der Waals surface area contributed by atoms with Crippen LogP contribution in [-0.4, -0.2) is 35.8 Å². The van der Waals surface area contributed by atoms with Gasteiger partial charge in [-0.1, -0.05) is 0 Å². The molecule has 1 aromatic rings. The highest BCUT2D eigenvalue weighted by molar-refractivity contribution is 5.68. The van der Waals surface area contributed by atoms with E-state index in [1.807, 2.05) is 32.9 Å². The molecule has 0 aromatic carbocycles. The Kier molecular flexibility index (Phi) is 4.32. The van der Waals surface area contributed by atoms with Crippen molar-refractivity contribution in [3.05, 3.63) is 24.0 Å². The first-order valence-corrected chi connectivity index (χ1v) is 6.98. The number of alkyl carbamates (subject to hydrolysis) is 1. The molecule has 6 nitrogen and oxygen atoms in total. The Labute approximate surface area is 124 Å². The summed E-state index contributed by atoms with van der Waals surface area (Å²) >= 11 is 0. The first-order chi connectivity index (χ1) is 9.89. The van der Waals surface area contributed by atoms with Crippen molar-refractivity contribution < 1.29 is 9.53 Å². The van der Waals surface area contributed by atoms with E-state index in [2.05, 4.69) is 21.3 Å². The standard InChI is InChI=1S/C15H20N4O2/c1-15(2,3)21-14(20)18-11-6-8-19(10-11)13-5-4-7-17-12(13)9-16/h4-5,7,11H,6,8,10H2,1-3H3,(H,18,20)/t11-/m0/s1. The van der Waals surface area contributed by atoms with Crippen LogP contribution in [0.15, 0.2) is 18.3 Å². The molecule has 1 fully saturated rings. The minimum absolute atomic E-state index is 0.0200. The molecule has 0 radical (unpaired) electrons. The van der Waals surface area contributed by atoms with Crippen molar-refractivity contribution in [2.24, 2.45) is 0 Å². The molecule has 0 saturated carbocycles. The van der Waals surface area contributed by atoms with E-state index in [9.17, 15) is 4.79 Å². The van der Waals surface area contributed by atoms with Gasteiger partial charge in [-0.05, 0) is 39.3 Å². The molecule has 0 unspecified atom stereocenters. The summed E-state index contributed by atoms with van der Waals surface area (Å²) in [7, 11) is 0. The average molecular weight is 288 g/mol. The van der Waals surface area contributed by atoms with Crippen molar-refractivity contribution in [1.82, 2.24) is 10.3 Å². The van der Waals surface area contributed by atoms with Gasteiger partial charge in [-0.25, -0.2) is 9.78 Å². The van der Waals surface area contributed by atoms with Crippen molar-refractivity contribution in [2.75, 3.05) is 18.0 Å². The maximum atomic E-state index is 11.8. The molecule has 1 aliphatic rings. The second-order valence-electron chi connectivity index (χ2n) is 6.06. The first-order valence-electron chi connectivity index (χ1n) is 6.98. The molecule has 1 atom stereocenters. The van der Waals surface area contributed by atoms with E-state index in [-0.39, 0.29) is 6.04 Å². The summed E-state index contributed by atoms with van der Waals surface area (Å²) in [5, 5.41) is 12.0. The summed E-state index contributed by atoms with van der Waals surface area (Å²) < 4.78 is 5.25. The molecular weight excluding hydrogens is 268 g/mol. The van der Waals surface area contributed by atoms with Gasteiger partial charge in [-0.15, -0.1) is 0 Å². The van der Waals surface area contributed by atoms with Gasteiger partial charge in [0, 0.05) is 19.3 Å². The zero-order valence-electron chi connectivity index (χ0n) is 12.6. The number of nitrogens with one attached hydrogen (secondary N) is 1. The van der Waals surface area contributed by atoms with Gasteiger partial charge in [-0.2, -0.15) is 5.26 Å². The van der Waals surface area contributed by atoms with Crippen LogP contribution >= 0.6 is 0 Å². The molecule has 1 N–H and O–H groups in total. The van der Waals surface area contributed by atoms with Crippen LogP contribution in [0.2, 0.25) is 0 Å². The number of nitrogens with zero attached hydrogens (tertiary/aromatic N) is 3. The van der Waals surface area contributed by atoms with Crippen LogP contribution in [0.3, 0.4) is 0 Å². The molecule has 0 spiro atoms. The third-order valence-electron chi connectivity index (χ3n) is 3.14. The van der Waals surface area contributed by atoms with E-state index < -0.39 is 11.7 Å². The Morgan fingerprint density at radius 2 is 2.33 bits per heavy atom. The number of nitriles is 1. The van der Waals surface area contributed by atoms with Crippen LogP contribution < -0.4 is 10.2 Å². The molecule has 1 aromatic heterocycles. The third kappa shape index (κ3) is 4.09. The number of rotatable bonds is 2. The van der Waals surface area contributed by atoms with E-state index in [4.69, 9.17) is 10.00 Å². The van der Waals surface area contributed by atoms with Crippen molar-refractivity contribution in [1.29, 1.82) is 5.26 Å². The summed E-state index contributed by atoms with van der Waals surface area (Å²) in [5.74, 6) is 0. The fraction of sp³-hybridized carbons (Fsp3) is 0.533. The van der Waals surface area contributed by atoms with Gasteiger partial charge in [0.1, 0.15) is 11.7 Å². The largest absolute Gasteiger partial charge is 0.444 e. The summed E-state index contributed by atoms with van der Waals surface area (Å²) in [6, 6.07) is 5.80. The molecule has 1 amide bonds. The maximum absolute atomic E-state index is 11.8. The second kappa shape index (κ2) is 6.00. The lowest BCUT2D eigenvalue weighted by Gasteiger charge is -2.22. The Morgan fingerprint density at radius 1 is 1.57 bits per heavy atom. The molecule has 2 heterocycles. The van der Waals surface area contributed by atoms with Gasteiger partial charge >= 0.3 is 6.09 Å². The minimum atomic E-state index is -0.500. The monoisotopic (exact) mass is 288 g/mol. The minimum Gasteiger partial charge on any atom is -0.444 e. The predicted molar refractivity (Wildman–Crippen MR) is 78.9 cm³/mol. The average Bonchev–Trinajstić information content (AvgIpc) is 2.84. The van der Waals surface area contributed by atoms with Crippen molar-refractivity contribution in [2.45, 2.75) is 38.8 Å². The fourth-order valence-electron chi connectivity index (χ4n) is 2.31. The zero-order valence-corrected chi connectivity index (χ0v) is 12.6. The number of pyridine rings is 1. The lowest BCUT2D eigenvalue weighted by molar-refractivity contribution is 0.0509. The fourth-order valence-corrected chi connectivity index (χ4v) is 2.31. The van der Waals surface area contributed by atoms with Gasteiger partial charge < -0.3 is 15.0 Å². The highest BCUT2D eigenvalue weighted by Crippen LogP contribution is 2.22. The number of ether oxygens (including phenoxy) is 1. The van der Waals surface area contributed by atoms with E-state index in [1.165, 1.54) is 0 Å². The lowest BCUT2D eigenvalue weighted by Crippen LogP contribution is -2.40. The smallest absolute Gasteiger partial charge is 0.407 e. The number of hydrogen-bond donors (Lipinski definition) is 1. The second-order valence-corrected chi connectivity index (χ2v) is 6.06. The number of hydrogen-bond acceptors (Lipinski definition) is 5. The van der Waals surface area contributed by atoms with E-state index in [0.29, 0.717) is 12.2 Å². The van der Waals surface area contributed by atoms with Gasteiger partial charge in [0.2, 0.25) is 0 Å². The van der Waals surface area contributed by atoms with Crippen LogP contribution in [0.25, 0.3) is 0 Å². The van der Waals surface area contributed by atoms with Crippen LogP contribution in [0.1, 0.15) is 32.9 Å². The van der Waals surface area contributed by atoms with E-state index in [0.717, 1.165) is 18.7 Å². The molecule has 1 saturated heterocycles. The summed E-state index contributed by atoms with van der Waals surface area (Å²) in [6.07, 6.45) is 2.02.